The van der Waals surface area contributed by atoms with E-state index >= 15 is 0 Å². The third kappa shape index (κ3) is 1.48. The summed E-state index contributed by atoms with van der Waals surface area (Å²) in [5, 5.41) is 8.63. The molecule has 0 aliphatic rings. The number of rotatable bonds is 0. The van der Waals surface area contributed by atoms with E-state index in [0.29, 0.717) is 0 Å². The molecule has 4 aromatic rings. The summed E-state index contributed by atoms with van der Waals surface area (Å²) in [6.07, 6.45) is 0. The van der Waals surface area contributed by atoms with Gasteiger partial charge < -0.3 is 0 Å². The van der Waals surface area contributed by atoms with Crippen molar-refractivity contribution in [2.45, 2.75) is 41.5 Å². The largest absolute Gasteiger partial charge is 0.0551 e. The van der Waals surface area contributed by atoms with E-state index in [4.69, 9.17) is 0 Å². The first-order valence-corrected chi connectivity index (χ1v) is 8.07. The van der Waals surface area contributed by atoms with Crippen molar-refractivity contribution in [1.82, 2.24) is 0 Å². The second kappa shape index (κ2) is 4.23. The Morgan fingerprint density at radius 2 is 1.09 bits per heavy atom. The predicted octanol–water partition coefficient (Wildman–Crippen LogP) is 6.43. The van der Waals surface area contributed by atoms with Gasteiger partial charge >= 0.3 is 0 Å². The van der Waals surface area contributed by atoms with Crippen LogP contribution in [-0.4, -0.2) is 0 Å². The summed E-state index contributed by atoms with van der Waals surface area (Å²) >= 11 is 0. The van der Waals surface area contributed by atoms with Crippen LogP contribution in [0, 0.1) is 41.5 Å². The highest BCUT2D eigenvalue weighted by Gasteiger charge is 2.17. The van der Waals surface area contributed by atoms with Gasteiger partial charge in [-0.25, -0.2) is 0 Å². The maximum Gasteiger partial charge on any atom is -0.00184 e. The van der Waals surface area contributed by atoms with Gasteiger partial charge in [-0.2, -0.15) is 0 Å². The van der Waals surface area contributed by atoms with E-state index in [9.17, 15) is 0 Å². The van der Waals surface area contributed by atoms with Gasteiger partial charge in [-0.05, 0) is 107 Å². The summed E-state index contributed by atoms with van der Waals surface area (Å²) in [7, 11) is 0. The number of hydrogen-bond donors (Lipinski definition) is 0. The van der Waals surface area contributed by atoms with Gasteiger partial charge in [-0.15, -0.1) is 0 Å². The van der Waals surface area contributed by atoms with Crippen molar-refractivity contribution in [3.63, 3.8) is 0 Å². The molecule has 0 nitrogen and oxygen atoms in total. The zero-order valence-corrected chi connectivity index (χ0v) is 14.3. The fourth-order valence-corrected chi connectivity index (χ4v) is 4.29. The van der Waals surface area contributed by atoms with Crippen LogP contribution in [0.25, 0.3) is 32.3 Å². The molecule has 0 heterocycles. The molecular formula is C22H22. The SMILES string of the molecule is Cc1c(C)c2ccc3c(C)cc(C)c4cc(C)c(c1C)c2c34. The number of aryl methyl sites for hydroxylation is 5. The van der Waals surface area contributed by atoms with E-state index in [2.05, 4.69) is 65.8 Å². The van der Waals surface area contributed by atoms with Gasteiger partial charge in [0.1, 0.15) is 0 Å². The summed E-state index contributed by atoms with van der Waals surface area (Å²) in [6, 6.07) is 9.36. The van der Waals surface area contributed by atoms with Gasteiger partial charge in [-0.3, -0.25) is 0 Å². The topological polar surface area (TPSA) is 0 Å². The quantitative estimate of drug-likeness (QED) is 0.326. The first-order valence-electron chi connectivity index (χ1n) is 8.07. The van der Waals surface area contributed by atoms with Crippen LogP contribution in [0.1, 0.15) is 33.4 Å². The summed E-state index contributed by atoms with van der Waals surface area (Å²) in [5.74, 6) is 0. The Kier molecular flexibility index (Phi) is 2.61. The van der Waals surface area contributed by atoms with Gasteiger partial charge in [0.15, 0.2) is 0 Å². The smallest absolute Gasteiger partial charge is 0.00184 e. The molecule has 4 aromatic carbocycles. The third-order valence-corrected chi connectivity index (χ3v) is 5.67. The molecule has 110 valence electrons. The highest BCUT2D eigenvalue weighted by Crippen LogP contribution is 2.42. The van der Waals surface area contributed by atoms with E-state index < -0.39 is 0 Å². The Morgan fingerprint density at radius 1 is 0.455 bits per heavy atom. The van der Waals surface area contributed by atoms with Gasteiger partial charge in [0, 0.05) is 0 Å². The van der Waals surface area contributed by atoms with Crippen molar-refractivity contribution in [3.8, 4) is 0 Å². The number of hydrogen-bond acceptors (Lipinski definition) is 0. The fraction of sp³-hybridized carbons (Fsp3) is 0.273. The normalized spacial score (nSPS) is 12.1. The monoisotopic (exact) mass is 286 g/mol. The minimum atomic E-state index is 1.38. The maximum atomic E-state index is 2.39. The van der Waals surface area contributed by atoms with Gasteiger partial charge in [0.05, 0.1) is 0 Å². The Bertz CT molecular complexity index is 1060. The maximum absolute atomic E-state index is 2.39. The summed E-state index contributed by atoms with van der Waals surface area (Å²) in [5.41, 5.74) is 8.47. The fourth-order valence-electron chi connectivity index (χ4n) is 4.29. The van der Waals surface area contributed by atoms with Gasteiger partial charge in [-0.1, -0.05) is 24.3 Å². The summed E-state index contributed by atoms with van der Waals surface area (Å²) < 4.78 is 0. The predicted molar refractivity (Wildman–Crippen MR) is 98.6 cm³/mol. The first-order chi connectivity index (χ1) is 10.4. The lowest BCUT2D eigenvalue weighted by molar-refractivity contribution is 1.31. The lowest BCUT2D eigenvalue weighted by Crippen LogP contribution is -1.97. The lowest BCUT2D eigenvalue weighted by atomic mass is 9.83. The Morgan fingerprint density at radius 3 is 1.82 bits per heavy atom. The molecule has 0 amide bonds. The van der Waals surface area contributed by atoms with E-state index in [1.807, 2.05) is 0 Å². The van der Waals surface area contributed by atoms with E-state index in [1.54, 1.807) is 0 Å². The van der Waals surface area contributed by atoms with Crippen molar-refractivity contribution in [2.24, 2.45) is 0 Å². The molecule has 0 spiro atoms. The van der Waals surface area contributed by atoms with Crippen LogP contribution in [0.4, 0.5) is 0 Å². The van der Waals surface area contributed by atoms with E-state index in [0.717, 1.165) is 0 Å². The Labute approximate surface area is 132 Å². The average Bonchev–Trinajstić information content (AvgIpc) is 2.48. The highest BCUT2D eigenvalue weighted by molar-refractivity contribution is 6.26. The molecule has 0 saturated carbocycles. The van der Waals surface area contributed by atoms with Crippen molar-refractivity contribution in [1.29, 1.82) is 0 Å². The summed E-state index contributed by atoms with van der Waals surface area (Å²) in [6.45, 7) is 13.5. The van der Waals surface area contributed by atoms with Crippen LogP contribution < -0.4 is 0 Å². The molecule has 0 unspecified atom stereocenters. The van der Waals surface area contributed by atoms with Crippen molar-refractivity contribution in [3.05, 3.63) is 57.6 Å². The lowest BCUT2D eigenvalue weighted by Gasteiger charge is -2.21. The molecule has 0 aliphatic carbocycles. The van der Waals surface area contributed by atoms with Gasteiger partial charge in [0.2, 0.25) is 0 Å². The first kappa shape index (κ1) is 13.6. The number of benzene rings is 4. The van der Waals surface area contributed by atoms with E-state index in [1.165, 1.54) is 65.7 Å². The minimum Gasteiger partial charge on any atom is -0.0551 e. The molecule has 0 fully saturated rings. The molecule has 0 aliphatic heterocycles. The molecule has 0 heteroatoms. The molecule has 0 aromatic heterocycles. The minimum absolute atomic E-state index is 1.38. The molecule has 0 N–H and O–H groups in total. The average molecular weight is 286 g/mol. The third-order valence-electron chi connectivity index (χ3n) is 5.67. The molecular weight excluding hydrogens is 264 g/mol. The highest BCUT2D eigenvalue weighted by atomic mass is 14.2. The van der Waals surface area contributed by atoms with Crippen molar-refractivity contribution < 1.29 is 0 Å². The molecule has 0 radical (unpaired) electrons. The standard InChI is InChI=1S/C22H22/c1-11-9-12(2)19-10-13(3)20-16(6)14(4)15(5)18-8-7-17(11)21(19)22(18)20/h7-10H,1-6H3. The second-order valence-corrected chi connectivity index (χ2v) is 6.91. The second-order valence-electron chi connectivity index (χ2n) is 6.91. The molecule has 0 saturated heterocycles. The summed E-state index contributed by atoms with van der Waals surface area (Å²) in [4.78, 5) is 0. The van der Waals surface area contributed by atoms with Crippen LogP contribution in [0.15, 0.2) is 24.3 Å². The van der Waals surface area contributed by atoms with Crippen LogP contribution >= 0.6 is 0 Å². The van der Waals surface area contributed by atoms with Crippen LogP contribution in [0.5, 0.6) is 0 Å². The Hall–Kier alpha value is -2.08. The van der Waals surface area contributed by atoms with Crippen molar-refractivity contribution in [2.75, 3.05) is 0 Å². The van der Waals surface area contributed by atoms with E-state index in [-0.39, 0.29) is 0 Å². The zero-order chi connectivity index (χ0) is 15.8. The van der Waals surface area contributed by atoms with Crippen molar-refractivity contribution >= 4 is 32.3 Å². The van der Waals surface area contributed by atoms with Crippen LogP contribution in [-0.2, 0) is 0 Å². The molecule has 0 atom stereocenters. The molecule has 4 rings (SSSR count). The van der Waals surface area contributed by atoms with Gasteiger partial charge in [0.25, 0.3) is 0 Å². The molecule has 0 bridgehead atoms. The Balaban J connectivity index is 2.50. The van der Waals surface area contributed by atoms with Crippen LogP contribution in [0.3, 0.4) is 0 Å². The zero-order valence-electron chi connectivity index (χ0n) is 14.3. The molecule has 22 heavy (non-hydrogen) atoms. The van der Waals surface area contributed by atoms with Crippen LogP contribution in [0.2, 0.25) is 0 Å².